The number of aryl methyl sites for hydroxylation is 1. The van der Waals surface area contributed by atoms with Gasteiger partial charge in [0.15, 0.2) is 0 Å². The zero-order chi connectivity index (χ0) is 23.5. The maximum absolute atomic E-state index is 6.88. The molecule has 2 N–H and O–H groups in total. The Labute approximate surface area is 203 Å². The van der Waals surface area contributed by atoms with Crippen LogP contribution in [0.1, 0.15) is 55.8 Å². The van der Waals surface area contributed by atoms with Crippen LogP contribution >= 0.6 is 11.6 Å². The predicted molar refractivity (Wildman–Crippen MR) is 141 cm³/mol. The highest BCUT2D eigenvalue weighted by atomic mass is 35.5. The summed E-state index contributed by atoms with van der Waals surface area (Å²) < 4.78 is 0. The number of hydrogen-bond acceptors (Lipinski definition) is 4. The molecule has 33 heavy (non-hydrogen) atoms. The van der Waals surface area contributed by atoms with Crippen LogP contribution in [0.3, 0.4) is 0 Å². The minimum absolute atomic E-state index is 0.502. The molecule has 1 atom stereocenters. The van der Waals surface area contributed by atoms with Crippen molar-refractivity contribution in [3.63, 3.8) is 0 Å². The fourth-order valence-electron chi connectivity index (χ4n) is 5.20. The van der Waals surface area contributed by atoms with Crippen molar-refractivity contribution in [3.8, 4) is 0 Å². The van der Waals surface area contributed by atoms with Crippen LogP contribution in [0.4, 0.5) is 0 Å². The van der Waals surface area contributed by atoms with Gasteiger partial charge in [-0.05, 0) is 61.6 Å². The Bertz CT molecular complexity index is 1070. The summed E-state index contributed by atoms with van der Waals surface area (Å²) >= 11 is 6.88. The second-order valence-electron chi connectivity index (χ2n) is 9.64. The molecule has 176 valence electrons. The third kappa shape index (κ3) is 5.22. The van der Waals surface area contributed by atoms with E-state index in [0.717, 1.165) is 96.9 Å². The van der Waals surface area contributed by atoms with Gasteiger partial charge in [0.25, 0.3) is 0 Å². The van der Waals surface area contributed by atoms with Crippen LogP contribution in [0.5, 0.6) is 0 Å². The Balaban J connectivity index is 1.48. The largest absolute Gasteiger partial charge is 0.403 e. The van der Waals surface area contributed by atoms with E-state index >= 15 is 0 Å². The Hall–Kier alpha value is -2.46. The van der Waals surface area contributed by atoms with E-state index in [9.17, 15) is 0 Å². The van der Waals surface area contributed by atoms with Gasteiger partial charge in [-0.2, -0.15) is 0 Å². The van der Waals surface area contributed by atoms with Crippen LogP contribution in [0.15, 0.2) is 49.3 Å². The van der Waals surface area contributed by atoms with Gasteiger partial charge in [0, 0.05) is 54.4 Å². The summed E-state index contributed by atoms with van der Waals surface area (Å²) in [6.45, 7) is 18.8. The van der Waals surface area contributed by atoms with Crippen LogP contribution in [0.2, 0.25) is 5.02 Å². The Morgan fingerprint density at radius 1 is 1.15 bits per heavy atom. The SMILES string of the molecule is C=C(N)CC1CCc2nc3cc(C(=C)N4CCN(C(=C)CCCC)CC4)ccc3c(Cl)c2C1. The molecule has 4 rings (SSSR count). The third-order valence-electron chi connectivity index (χ3n) is 7.20. The number of aromatic nitrogens is 1. The van der Waals surface area contributed by atoms with Crippen molar-refractivity contribution in [2.45, 2.75) is 51.9 Å². The van der Waals surface area contributed by atoms with Gasteiger partial charge in [-0.1, -0.05) is 56.8 Å². The molecule has 5 heteroatoms. The van der Waals surface area contributed by atoms with Crippen LogP contribution in [-0.2, 0) is 12.8 Å². The Kier molecular flexibility index (Phi) is 7.33. The first-order chi connectivity index (χ1) is 15.9. The van der Waals surface area contributed by atoms with E-state index in [1.54, 1.807) is 0 Å². The van der Waals surface area contributed by atoms with Crippen molar-refractivity contribution in [2.75, 3.05) is 26.2 Å². The number of piperazine rings is 1. The lowest BCUT2D eigenvalue weighted by Gasteiger charge is -2.39. The summed E-state index contributed by atoms with van der Waals surface area (Å²) in [5, 5.41) is 1.87. The van der Waals surface area contributed by atoms with E-state index in [-0.39, 0.29) is 0 Å². The van der Waals surface area contributed by atoms with E-state index in [1.165, 1.54) is 24.1 Å². The number of fused-ring (bicyclic) bond motifs is 2. The van der Waals surface area contributed by atoms with Crippen LogP contribution in [0, 0.1) is 5.92 Å². The average Bonchev–Trinajstić information content (AvgIpc) is 2.82. The van der Waals surface area contributed by atoms with Crippen LogP contribution in [-0.4, -0.2) is 41.0 Å². The van der Waals surface area contributed by atoms with E-state index in [4.69, 9.17) is 22.3 Å². The molecule has 1 fully saturated rings. The first-order valence-corrected chi connectivity index (χ1v) is 12.7. The number of benzene rings is 1. The van der Waals surface area contributed by atoms with Crippen LogP contribution in [0.25, 0.3) is 16.6 Å². The number of nitrogens with zero attached hydrogens (tertiary/aromatic N) is 3. The van der Waals surface area contributed by atoms with Crippen molar-refractivity contribution in [1.29, 1.82) is 0 Å². The molecular weight excluding hydrogens is 428 g/mol. The second-order valence-corrected chi connectivity index (χ2v) is 10.0. The monoisotopic (exact) mass is 464 g/mol. The molecule has 0 amide bonds. The minimum atomic E-state index is 0.502. The lowest BCUT2D eigenvalue weighted by molar-refractivity contribution is 0.209. The molecule has 1 saturated heterocycles. The van der Waals surface area contributed by atoms with Gasteiger partial charge in [-0.3, -0.25) is 4.98 Å². The summed E-state index contributed by atoms with van der Waals surface area (Å²) in [7, 11) is 0. The summed E-state index contributed by atoms with van der Waals surface area (Å²) in [6.07, 6.45) is 7.33. The van der Waals surface area contributed by atoms with Gasteiger partial charge in [0.2, 0.25) is 0 Å². The molecule has 0 saturated carbocycles. The quantitative estimate of drug-likeness (QED) is 0.509. The van der Waals surface area contributed by atoms with Crippen molar-refractivity contribution < 1.29 is 0 Å². The van der Waals surface area contributed by atoms with Gasteiger partial charge >= 0.3 is 0 Å². The maximum atomic E-state index is 6.88. The van der Waals surface area contributed by atoms with Crippen molar-refractivity contribution in [3.05, 3.63) is 71.2 Å². The molecule has 1 aliphatic heterocycles. The molecule has 2 aromatic rings. The van der Waals surface area contributed by atoms with E-state index in [2.05, 4.69) is 54.7 Å². The topological polar surface area (TPSA) is 45.4 Å². The van der Waals surface area contributed by atoms with E-state index in [1.807, 2.05) is 0 Å². The lowest BCUT2D eigenvalue weighted by atomic mass is 9.83. The smallest absolute Gasteiger partial charge is 0.0727 e. The molecule has 2 aliphatic rings. The number of unbranched alkanes of at least 4 members (excludes halogenated alkanes) is 1. The van der Waals surface area contributed by atoms with E-state index < -0.39 is 0 Å². The lowest BCUT2D eigenvalue weighted by Crippen LogP contribution is -2.44. The number of rotatable bonds is 8. The molecule has 1 aliphatic carbocycles. The number of allylic oxidation sites excluding steroid dienone is 2. The van der Waals surface area contributed by atoms with Crippen molar-refractivity contribution in [1.82, 2.24) is 14.8 Å². The molecular formula is C28H37ClN4. The molecule has 1 unspecified atom stereocenters. The molecule has 0 bridgehead atoms. The van der Waals surface area contributed by atoms with Gasteiger partial charge in [0.1, 0.15) is 0 Å². The Morgan fingerprint density at radius 2 is 1.88 bits per heavy atom. The standard InChI is InChI=1S/C28H37ClN4/c1-5-6-7-20(3)32-12-14-33(15-13-32)21(4)23-9-10-24-27(18-23)31-26-11-8-22(16-19(2)30)17-25(26)28(24)29/h9-10,18,22H,2-8,11-17,30H2,1H3. The summed E-state index contributed by atoms with van der Waals surface area (Å²) in [5.74, 6) is 0.502. The van der Waals surface area contributed by atoms with Crippen molar-refractivity contribution in [2.24, 2.45) is 11.7 Å². The molecule has 1 aromatic heterocycles. The number of pyridine rings is 1. The highest BCUT2D eigenvalue weighted by molar-refractivity contribution is 6.36. The van der Waals surface area contributed by atoms with Gasteiger partial charge in [-0.25, -0.2) is 0 Å². The summed E-state index contributed by atoms with van der Waals surface area (Å²) in [6, 6.07) is 6.41. The highest BCUT2D eigenvalue weighted by Gasteiger charge is 2.24. The number of nitrogens with two attached hydrogens (primary N) is 1. The first-order valence-electron chi connectivity index (χ1n) is 12.3. The maximum Gasteiger partial charge on any atom is 0.0727 e. The van der Waals surface area contributed by atoms with Gasteiger partial charge in [-0.15, -0.1) is 0 Å². The summed E-state index contributed by atoms with van der Waals surface area (Å²) in [5.41, 5.74) is 13.4. The molecule has 2 heterocycles. The Morgan fingerprint density at radius 3 is 2.58 bits per heavy atom. The minimum Gasteiger partial charge on any atom is -0.403 e. The van der Waals surface area contributed by atoms with Gasteiger partial charge in [0.05, 0.1) is 10.5 Å². The normalized spacial score (nSPS) is 18.3. The molecule has 0 radical (unpaired) electrons. The highest BCUT2D eigenvalue weighted by Crippen LogP contribution is 2.37. The predicted octanol–water partition coefficient (Wildman–Crippen LogP) is 6.15. The molecule has 0 spiro atoms. The average molecular weight is 465 g/mol. The number of hydrogen-bond donors (Lipinski definition) is 1. The second kappa shape index (κ2) is 10.2. The molecule has 4 nitrogen and oxygen atoms in total. The van der Waals surface area contributed by atoms with E-state index in [0.29, 0.717) is 5.92 Å². The zero-order valence-electron chi connectivity index (χ0n) is 20.0. The first kappa shape index (κ1) is 23.7. The van der Waals surface area contributed by atoms with Crippen molar-refractivity contribution >= 4 is 28.2 Å². The zero-order valence-corrected chi connectivity index (χ0v) is 20.8. The number of halogens is 1. The van der Waals surface area contributed by atoms with Crippen LogP contribution < -0.4 is 5.73 Å². The fraction of sp³-hybridized carbons (Fsp3) is 0.464. The van der Waals surface area contributed by atoms with Gasteiger partial charge < -0.3 is 15.5 Å². The third-order valence-corrected chi connectivity index (χ3v) is 7.63. The summed E-state index contributed by atoms with van der Waals surface area (Å²) in [4.78, 5) is 9.84. The fourth-order valence-corrected chi connectivity index (χ4v) is 5.54. The molecule has 1 aromatic carbocycles.